The van der Waals surface area contributed by atoms with Gasteiger partial charge in [-0.05, 0) is 6.42 Å². The predicted molar refractivity (Wildman–Crippen MR) is 80.7 cm³/mol. The van der Waals surface area contributed by atoms with Crippen molar-refractivity contribution in [2.75, 3.05) is 13.6 Å². The molecule has 1 aliphatic rings. The topological polar surface area (TPSA) is 186 Å². The Bertz CT molecular complexity index is 534. The number of primary amides is 2. The first-order valence-electron chi connectivity index (χ1n) is 6.92. The highest BCUT2D eigenvalue weighted by Gasteiger charge is 2.31. The van der Waals surface area contributed by atoms with Gasteiger partial charge in [-0.25, -0.2) is 9.79 Å². The van der Waals surface area contributed by atoms with Crippen molar-refractivity contribution in [1.82, 2.24) is 15.5 Å². The average molecular weight is 327 g/mol. The summed E-state index contributed by atoms with van der Waals surface area (Å²) in [4.78, 5) is 50.6. The fourth-order valence-electron chi connectivity index (χ4n) is 1.96. The molecule has 2 atom stereocenters. The zero-order valence-electron chi connectivity index (χ0n) is 12.7. The number of hydrogen-bond acceptors (Lipinski definition) is 6. The van der Waals surface area contributed by atoms with Crippen LogP contribution >= 0.6 is 0 Å². The van der Waals surface area contributed by atoms with E-state index in [1.54, 1.807) is 0 Å². The van der Waals surface area contributed by atoms with Crippen LogP contribution in [0.4, 0.5) is 4.79 Å². The van der Waals surface area contributed by atoms with Crippen LogP contribution in [-0.4, -0.2) is 60.3 Å². The van der Waals surface area contributed by atoms with E-state index in [-0.39, 0.29) is 37.7 Å². The molecule has 0 aliphatic carbocycles. The molecule has 0 saturated heterocycles. The number of hydrogen-bond donors (Lipinski definition) is 5. The summed E-state index contributed by atoms with van der Waals surface area (Å²) in [5.74, 6) is -1.40. The predicted octanol–water partition coefficient (Wildman–Crippen LogP) is -3.05. The van der Waals surface area contributed by atoms with E-state index in [9.17, 15) is 19.2 Å². The van der Waals surface area contributed by atoms with Crippen molar-refractivity contribution in [1.29, 1.82) is 0 Å². The van der Waals surface area contributed by atoms with E-state index >= 15 is 0 Å². The molecule has 0 aromatic heterocycles. The number of nitrogens with two attached hydrogens (primary N) is 3. The lowest BCUT2D eigenvalue weighted by Gasteiger charge is -2.30. The lowest BCUT2D eigenvalue weighted by Crippen LogP contribution is -2.58. The number of urea groups is 1. The molecule has 0 aromatic rings. The summed E-state index contributed by atoms with van der Waals surface area (Å²) >= 11 is 0. The first-order valence-corrected chi connectivity index (χ1v) is 6.92. The zero-order chi connectivity index (χ0) is 17.6. The summed E-state index contributed by atoms with van der Waals surface area (Å²) in [7, 11) is 1.45. The van der Waals surface area contributed by atoms with Crippen LogP contribution in [0.2, 0.25) is 0 Å². The summed E-state index contributed by atoms with van der Waals surface area (Å²) in [5.41, 5.74) is 15.7. The van der Waals surface area contributed by atoms with Crippen molar-refractivity contribution in [3.63, 3.8) is 0 Å². The van der Waals surface area contributed by atoms with E-state index in [0.29, 0.717) is 0 Å². The molecule has 1 rings (SSSR count). The Labute approximate surface area is 132 Å². The number of rotatable bonds is 6. The van der Waals surface area contributed by atoms with E-state index in [1.165, 1.54) is 11.9 Å². The highest BCUT2D eigenvalue weighted by molar-refractivity contribution is 6.07. The van der Waals surface area contributed by atoms with Crippen LogP contribution in [0.15, 0.2) is 4.99 Å². The van der Waals surface area contributed by atoms with Crippen LogP contribution in [0.5, 0.6) is 0 Å². The van der Waals surface area contributed by atoms with Crippen LogP contribution in [0.3, 0.4) is 0 Å². The van der Waals surface area contributed by atoms with Crippen molar-refractivity contribution < 1.29 is 19.2 Å². The van der Waals surface area contributed by atoms with Gasteiger partial charge in [-0.2, -0.15) is 0 Å². The summed E-state index contributed by atoms with van der Waals surface area (Å²) in [6, 6.07) is -2.20. The normalized spacial score (nSPS) is 18.4. The van der Waals surface area contributed by atoms with E-state index in [1.807, 2.05) is 0 Å². The Morgan fingerprint density at radius 1 is 1.43 bits per heavy atom. The van der Waals surface area contributed by atoms with Gasteiger partial charge in [-0.3, -0.25) is 25.0 Å². The maximum absolute atomic E-state index is 12.1. The lowest BCUT2D eigenvalue weighted by molar-refractivity contribution is -0.138. The molecule has 128 valence electrons. The van der Waals surface area contributed by atoms with E-state index in [2.05, 4.69) is 15.6 Å². The van der Waals surface area contributed by atoms with Gasteiger partial charge in [0.25, 0.3) is 5.91 Å². The number of guanidine groups is 1. The Morgan fingerprint density at radius 2 is 2.09 bits per heavy atom. The van der Waals surface area contributed by atoms with E-state index < -0.39 is 29.9 Å². The third kappa shape index (κ3) is 5.90. The molecular formula is C12H21N7O4. The van der Waals surface area contributed by atoms with Crippen molar-refractivity contribution in [2.24, 2.45) is 22.2 Å². The maximum Gasteiger partial charge on any atom is 0.318 e. The fourth-order valence-corrected chi connectivity index (χ4v) is 1.96. The molecule has 0 aromatic carbocycles. The Balaban J connectivity index is 2.56. The quantitative estimate of drug-likeness (QED) is 0.346. The van der Waals surface area contributed by atoms with Gasteiger partial charge < -0.3 is 22.1 Å². The highest BCUT2D eigenvalue weighted by Crippen LogP contribution is 2.07. The van der Waals surface area contributed by atoms with Crippen LogP contribution in [-0.2, 0) is 14.4 Å². The number of carbonyl (C=O) groups excluding carboxylic acids is 4. The minimum Gasteiger partial charge on any atom is -0.370 e. The molecule has 11 nitrogen and oxygen atoms in total. The van der Waals surface area contributed by atoms with Gasteiger partial charge in [0.2, 0.25) is 17.8 Å². The number of nitrogens with one attached hydrogen (secondary N) is 2. The summed E-state index contributed by atoms with van der Waals surface area (Å²) in [5, 5.41) is 4.49. The first-order chi connectivity index (χ1) is 10.7. The van der Waals surface area contributed by atoms with E-state index in [4.69, 9.17) is 17.2 Å². The van der Waals surface area contributed by atoms with Gasteiger partial charge in [-0.1, -0.05) is 0 Å². The molecule has 0 radical (unpaired) electrons. The molecule has 0 unspecified atom stereocenters. The first kappa shape index (κ1) is 18.4. The molecular weight excluding hydrogens is 306 g/mol. The Kier molecular flexibility index (Phi) is 6.45. The second kappa shape index (κ2) is 8.08. The minimum absolute atomic E-state index is 0.0137. The molecule has 0 bridgehead atoms. The maximum atomic E-state index is 12.1. The van der Waals surface area contributed by atoms with Crippen molar-refractivity contribution in [3.8, 4) is 0 Å². The fraction of sp³-hybridized carbons (Fsp3) is 0.583. The molecule has 1 heterocycles. The SMILES string of the molecule is CN(C(=O)C[C@@H](N)CCC(N)=O)[C@H]1CN=C(NC(N)=O)NC1=O. The number of likely N-dealkylation sites (N-methyl/N-ethyl adjacent to an activating group) is 1. The molecule has 23 heavy (non-hydrogen) atoms. The second-order valence-corrected chi connectivity index (χ2v) is 5.16. The molecule has 0 fully saturated rings. The lowest BCUT2D eigenvalue weighted by atomic mass is 10.1. The largest absolute Gasteiger partial charge is 0.370 e. The molecule has 0 spiro atoms. The van der Waals surface area contributed by atoms with Gasteiger partial charge in [-0.15, -0.1) is 0 Å². The van der Waals surface area contributed by atoms with Crippen LogP contribution in [0, 0.1) is 0 Å². The Morgan fingerprint density at radius 3 is 2.61 bits per heavy atom. The number of amides is 5. The number of nitrogens with zero attached hydrogens (tertiary/aromatic N) is 2. The van der Waals surface area contributed by atoms with Gasteiger partial charge in [0, 0.05) is 25.9 Å². The highest BCUT2D eigenvalue weighted by atomic mass is 16.2. The van der Waals surface area contributed by atoms with Crippen LogP contribution < -0.4 is 27.8 Å². The number of aliphatic imine (C=N–C) groups is 1. The summed E-state index contributed by atoms with van der Waals surface area (Å²) in [6.45, 7) is -0.0137. The number of carbonyl (C=O) groups is 4. The van der Waals surface area contributed by atoms with Gasteiger partial charge in [0.05, 0.1) is 6.54 Å². The molecule has 5 amide bonds. The zero-order valence-corrected chi connectivity index (χ0v) is 12.7. The molecule has 11 heteroatoms. The molecule has 8 N–H and O–H groups in total. The monoisotopic (exact) mass is 327 g/mol. The van der Waals surface area contributed by atoms with Crippen LogP contribution in [0.1, 0.15) is 19.3 Å². The van der Waals surface area contributed by atoms with Gasteiger partial charge in [0.15, 0.2) is 0 Å². The van der Waals surface area contributed by atoms with Crippen LogP contribution in [0.25, 0.3) is 0 Å². The van der Waals surface area contributed by atoms with Crippen molar-refractivity contribution in [2.45, 2.75) is 31.3 Å². The van der Waals surface area contributed by atoms with Gasteiger partial charge >= 0.3 is 6.03 Å². The van der Waals surface area contributed by atoms with Crippen molar-refractivity contribution in [3.05, 3.63) is 0 Å². The van der Waals surface area contributed by atoms with Gasteiger partial charge in [0.1, 0.15) is 6.04 Å². The summed E-state index contributed by atoms with van der Waals surface area (Å²) in [6.07, 6.45) is 0.356. The van der Waals surface area contributed by atoms with E-state index in [0.717, 1.165) is 0 Å². The third-order valence-electron chi connectivity index (χ3n) is 3.27. The second-order valence-electron chi connectivity index (χ2n) is 5.16. The molecule has 1 aliphatic heterocycles. The minimum atomic E-state index is -0.854. The smallest absolute Gasteiger partial charge is 0.318 e. The molecule has 0 saturated carbocycles. The third-order valence-corrected chi connectivity index (χ3v) is 3.27. The Hall–Kier alpha value is -2.69. The van der Waals surface area contributed by atoms with Crippen molar-refractivity contribution >= 4 is 29.7 Å². The standard InChI is InChI=1S/C12H21N7O4/c1-19(9(21)4-6(13)2-3-8(14)20)7-5-16-12(17-10(7)22)18-11(15)23/h6-7H,2-5,13H2,1H3,(H2,14,20)(H4,15,16,17,18,22,23)/t6-,7-/m0/s1. The average Bonchev–Trinajstić information content (AvgIpc) is 2.43. The summed E-state index contributed by atoms with van der Waals surface area (Å²) < 4.78 is 0.